The van der Waals surface area contributed by atoms with Crippen LogP contribution in [0.1, 0.15) is 20.3 Å². The highest BCUT2D eigenvalue weighted by Gasteiger charge is 1.89. The highest BCUT2D eigenvalue weighted by atomic mass is 33.1. The highest BCUT2D eigenvalue weighted by molar-refractivity contribution is 8.68. The number of hydrogen-bond acceptors (Lipinski definition) is 3. The molecule has 0 aromatic carbocycles. The molecule has 0 aromatic heterocycles. The predicted molar refractivity (Wildman–Crippen MR) is 46.6 cm³/mol. The maximum Gasteiger partial charge on any atom is 0.218 e. The van der Waals surface area contributed by atoms with E-state index in [-0.39, 0.29) is 5.91 Å². The summed E-state index contributed by atoms with van der Waals surface area (Å²) in [7, 11) is 1.32. The van der Waals surface area contributed by atoms with Gasteiger partial charge in [-0.05, 0) is 0 Å². The Balaban J connectivity index is 0. The molecule has 0 saturated carbocycles. The van der Waals surface area contributed by atoms with Crippen molar-refractivity contribution in [1.29, 1.82) is 0 Å². The molecule has 0 radical (unpaired) electrons. The first-order valence-corrected chi connectivity index (χ1v) is 4.86. The minimum Gasteiger partial charge on any atom is -0.370 e. The molecule has 0 aliphatic rings. The van der Waals surface area contributed by atoms with E-state index in [4.69, 9.17) is 5.73 Å². The summed E-state index contributed by atoms with van der Waals surface area (Å²) in [5.74, 6) is 0.444. The van der Waals surface area contributed by atoms with Crippen LogP contribution in [0.25, 0.3) is 0 Å². The van der Waals surface area contributed by atoms with Crippen molar-refractivity contribution >= 4 is 28.4 Å². The van der Waals surface area contributed by atoms with E-state index < -0.39 is 0 Å². The van der Waals surface area contributed by atoms with Gasteiger partial charge in [0.15, 0.2) is 0 Å². The SMILES string of the molecule is CC.NC(=O)CCSS. The number of nitrogens with two attached hydrogens (primary N) is 1. The van der Waals surface area contributed by atoms with Crippen molar-refractivity contribution in [3.8, 4) is 0 Å². The zero-order valence-corrected chi connectivity index (χ0v) is 7.47. The van der Waals surface area contributed by atoms with Crippen LogP contribution in [-0.2, 0) is 4.79 Å². The molecule has 0 rings (SSSR count). The second-order valence-corrected chi connectivity index (χ2v) is 2.49. The van der Waals surface area contributed by atoms with Crippen molar-refractivity contribution in [2.45, 2.75) is 20.3 Å². The van der Waals surface area contributed by atoms with E-state index in [1.54, 1.807) is 0 Å². The molecule has 0 saturated heterocycles. The Morgan fingerprint density at radius 2 is 2.11 bits per heavy atom. The van der Waals surface area contributed by atoms with Crippen LogP contribution in [0.4, 0.5) is 0 Å². The second-order valence-electron chi connectivity index (χ2n) is 1.05. The van der Waals surface area contributed by atoms with Gasteiger partial charge in [0.2, 0.25) is 5.91 Å². The molecule has 2 N–H and O–H groups in total. The zero-order chi connectivity index (χ0) is 7.70. The van der Waals surface area contributed by atoms with Crippen molar-refractivity contribution in [2.24, 2.45) is 5.73 Å². The van der Waals surface area contributed by atoms with E-state index >= 15 is 0 Å². The summed E-state index contributed by atoms with van der Waals surface area (Å²) in [6, 6.07) is 0. The van der Waals surface area contributed by atoms with Crippen LogP contribution in [0.3, 0.4) is 0 Å². The smallest absolute Gasteiger partial charge is 0.218 e. The Kier molecular flexibility index (Phi) is 14.6. The van der Waals surface area contributed by atoms with E-state index in [0.717, 1.165) is 0 Å². The van der Waals surface area contributed by atoms with E-state index in [1.165, 1.54) is 10.8 Å². The van der Waals surface area contributed by atoms with Crippen molar-refractivity contribution in [2.75, 3.05) is 5.75 Å². The predicted octanol–water partition coefficient (Wildman–Crippen LogP) is 1.47. The molecule has 9 heavy (non-hydrogen) atoms. The third-order valence-corrected chi connectivity index (χ3v) is 1.37. The van der Waals surface area contributed by atoms with Crippen LogP contribution < -0.4 is 5.73 Å². The summed E-state index contributed by atoms with van der Waals surface area (Å²) in [5.41, 5.74) is 4.79. The van der Waals surface area contributed by atoms with Crippen molar-refractivity contribution in [3.05, 3.63) is 0 Å². The molecule has 0 heterocycles. The minimum absolute atomic E-state index is 0.262. The lowest BCUT2D eigenvalue weighted by Crippen LogP contribution is -2.10. The maximum absolute atomic E-state index is 9.93. The fraction of sp³-hybridized carbons (Fsp3) is 0.800. The quantitative estimate of drug-likeness (QED) is 0.494. The van der Waals surface area contributed by atoms with Crippen molar-refractivity contribution in [1.82, 2.24) is 0 Å². The van der Waals surface area contributed by atoms with Crippen molar-refractivity contribution < 1.29 is 4.79 Å². The van der Waals surface area contributed by atoms with Crippen molar-refractivity contribution in [3.63, 3.8) is 0 Å². The standard InChI is InChI=1S/C3H7NOS2.C2H6/c4-3(5)1-2-7-6;1-2/h6H,1-2H2,(H2,4,5);1-2H3. The summed E-state index contributed by atoms with van der Waals surface area (Å²) in [5, 5.41) is 0. The lowest BCUT2D eigenvalue weighted by molar-refractivity contribution is -0.117. The van der Waals surface area contributed by atoms with E-state index in [0.29, 0.717) is 12.2 Å². The second kappa shape index (κ2) is 11.0. The Hall–Kier alpha value is 0.170. The fourth-order valence-corrected chi connectivity index (χ4v) is 0.713. The van der Waals surface area contributed by atoms with Crippen LogP contribution in [-0.4, -0.2) is 11.7 Å². The Morgan fingerprint density at radius 3 is 2.22 bits per heavy atom. The van der Waals surface area contributed by atoms with Crippen LogP contribution in [0.5, 0.6) is 0 Å². The number of carbonyl (C=O) groups is 1. The van der Waals surface area contributed by atoms with E-state index in [9.17, 15) is 4.79 Å². The molecular weight excluding hydrogens is 154 g/mol. The fourth-order valence-electron chi connectivity index (χ4n) is 0.146. The van der Waals surface area contributed by atoms with Gasteiger partial charge in [0.25, 0.3) is 0 Å². The molecule has 0 aliphatic carbocycles. The summed E-state index contributed by atoms with van der Waals surface area (Å²) in [4.78, 5) is 9.93. The zero-order valence-electron chi connectivity index (χ0n) is 5.76. The minimum atomic E-state index is -0.262. The number of thiol groups is 1. The van der Waals surface area contributed by atoms with Crippen LogP contribution in [0.2, 0.25) is 0 Å². The first-order chi connectivity index (χ1) is 4.27. The van der Waals surface area contributed by atoms with E-state index in [2.05, 4.69) is 11.7 Å². The van der Waals surface area contributed by atoms with Crippen LogP contribution in [0.15, 0.2) is 0 Å². The summed E-state index contributed by atoms with van der Waals surface area (Å²) in [6.07, 6.45) is 0.425. The topological polar surface area (TPSA) is 43.1 Å². The number of carbonyl (C=O) groups excluding carboxylic acids is 1. The molecule has 0 fully saturated rings. The Bertz CT molecular complexity index is 68.0. The van der Waals surface area contributed by atoms with E-state index in [1.807, 2.05) is 13.8 Å². The molecule has 0 unspecified atom stereocenters. The molecule has 0 aromatic rings. The summed E-state index contributed by atoms with van der Waals surface area (Å²) in [6.45, 7) is 4.00. The van der Waals surface area contributed by atoms with Gasteiger partial charge in [-0.25, -0.2) is 0 Å². The maximum atomic E-state index is 9.93. The lowest BCUT2D eigenvalue weighted by atomic mass is 10.5. The first kappa shape index (κ1) is 11.9. The molecular formula is C5H13NOS2. The molecule has 0 spiro atoms. The number of hydrogen-bond donors (Lipinski definition) is 2. The molecule has 56 valence electrons. The van der Waals surface area contributed by atoms with Gasteiger partial charge in [-0.3, -0.25) is 4.79 Å². The van der Waals surface area contributed by atoms with Gasteiger partial charge in [-0.15, -0.1) is 11.7 Å². The summed E-state index contributed by atoms with van der Waals surface area (Å²) < 4.78 is 0. The average molecular weight is 167 g/mol. The Morgan fingerprint density at radius 1 is 1.67 bits per heavy atom. The monoisotopic (exact) mass is 167 g/mol. The molecule has 0 atom stereocenters. The molecule has 1 amide bonds. The van der Waals surface area contributed by atoms with Gasteiger partial charge in [0, 0.05) is 12.2 Å². The number of rotatable bonds is 3. The summed E-state index contributed by atoms with van der Waals surface area (Å²) >= 11 is 3.80. The van der Waals surface area contributed by atoms with Crippen LogP contribution >= 0.6 is 22.5 Å². The average Bonchev–Trinajstić information content (AvgIpc) is 1.88. The normalized spacial score (nSPS) is 7.44. The molecule has 2 nitrogen and oxygen atoms in total. The Labute approximate surface area is 65.4 Å². The van der Waals surface area contributed by atoms with Gasteiger partial charge in [0.1, 0.15) is 0 Å². The van der Waals surface area contributed by atoms with Gasteiger partial charge >= 0.3 is 0 Å². The van der Waals surface area contributed by atoms with Gasteiger partial charge < -0.3 is 5.73 Å². The molecule has 0 aliphatic heterocycles. The first-order valence-electron chi connectivity index (χ1n) is 2.82. The van der Waals surface area contributed by atoms with Crippen LogP contribution in [0, 0.1) is 0 Å². The highest BCUT2D eigenvalue weighted by Crippen LogP contribution is 2.04. The number of amides is 1. The third kappa shape index (κ3) is 17.9. The molecule has 0 bridgehead atoms. The number of primary amides is 1. The lowest BCUT2D eigenvalue weighted by Gasteiger charge is -1.86. The van der Waals surface area contributed by atoms with Gasteiger partial charge in [-0.2, -0.15) is 0 Å². The molecule has 4 heteroatoms. The van der Waals surface area contributed by atoms with Gasteiger partial charge in [-0.1, -0.05) is 24.6 Å². The largest absolute Gasteiger partial charge is 0.370 e. The van der Waals surface area contributed by atoms with Gasteiger partial charge in [0.05, 0.1) is 0 Å². The third-order valence-electron chi connectivity index (χ3n) is 0.440.